The van der Waals surface area contributed by atoms with Crippen molar-refractivity contribution in [1.29, 1.82) is 0 Å². The average molecular weight is 730 g/mol. The fourth-order valence-corrected chi connectivity index (χ4v) is 14.2. The van der Waals surface area contributed by atoms with Gasteiger partial charge in [-0.15, -0.1) is 0 Å². The largest absolute Gasteiger partial charge is 0.427 e. The monoisotopic (exact) mass is 729 g/mol. The summed E-state index contributed by atoms with van der Waals surface area (Å²) in [5.74, 6) is 3.65. The van der Waals surface area contributed by atoms with Gasteiger partial charge in [-0.05, 0) is 130 Å². The van der Waals surface area contributed by atoms with Crippen LogP contribution in [-0.4, -0.2) is 45.9 Å². The molecule has 1 saturated heterocycles. The van der Waals surface area contributed by atoms with Crippen molar-refractivity contribution < 1.29 is 24.2 Å². The Kier molecular flexibility index (Phi) is 8.80. The molecule has 1 aromatic rings. The van der Waals surface area contributed by atoms with E-state index >= 15 is 0 Å². The Bertz CT molecular complexity index is 1770. The molecule has 3 fully saturated rings. The molecule has 3 N–H and O–H groups in total. The van der Waals surface area contributed by atoms with Crippen LogP contribution in [0.2, 0.25) is 0 Å². The summed E-state index contributed by atoms with van der Waals surface area (Å²) in [6, 6.07) is 4.20. The number of rotatable bonds is 5. The number of carbonyl (C=O) groups is 2. The van der Waals surface area contributed by atoms with Gasteiger partial charge in [0.25, 0.3) is 0 Å². The molecule has 10 rings (SSSR count). The van der Waals surface area contributed by atoms with Crippen LogP contribution in [0, 0.1) is 40.4 Å². The second-order valence-electron chi connectivity index (χ2n) is 16.6. The molecule has 2 saturated carbocycles. The summed E-state index contributed by atoms with van der Waals surface area (Å²) in [7, 11) is 3.49. The summed E-state index contributed by atoms with van der Waals surface area (Å²) in [5.41, 5.74) is 6.12. The number of nitrogens with one attached hydrogen (secondary N) is 2. The van der Waals surface area contributed by atoms with Gasteiger partial charge in [0, 0.05) is 29.8 Å². The van der Waals surface area contributed by atoms with Crippen LogP contribution in [0.5, 0.6) is 0 Å². The lowest BCUT2D eigenvalue weighted by Crippen LogP contribution is -2.53. The zero-order chi connectivity index (χ0) is 35.1. The fraction of sp³-hybridized carbons (Fsp3) is 0.634. The first-order valence-corrected chi connectivity index (χ1v) is 21.9. The van der Waals surface area contributed by atoms with Gasteiger partial charge in [-0.3, -0.25) is 0 Å². The van der Waals surface area contributed by atoms with Gasteiger partial charge in [-0.2, -0.15) is 0 Å². The molecule has 0 amide bonds. The third-order valence-electron chi connectivity index (χ3n) is 14.0. The Morgan fingerprint density at radius 2 is 1.98 bits per heavy atom. The molecule has 1 aromatic heterocycles. The molecule has 272 valence electrons. The molecule has 6 aliphatic carbocycles. The van der Waals surface area contributed by atoms with E-state index < -0.39 is 11.5 Å². The molecular weight excluding hydrogens is 679 g/mol. The predicted molar refractivity (Wildman–Crippen MR) is 201 cm³/mol. The molecule has 0 radical (unpaired) electrons. The minimum atomic E-state index is -0.670. The minimum Gasteiger partial charge on any atom is -0.427 e. The molecule has 8 atom stereocenters. The highest BCUT2D eigenvalue weighted by molar-refractivity contribution is 8.76. The second-order valence-corrected chi connectivity index (χ2v) is 19.1. The summed E-state index contributed by atoms with van der Waals surface area (Å²) >= 11 is 0. The number of fused-ring (bicyclic) bond motifs is 3. The number of carbonyl (C=O) groups excluding carboxylic acids is 2. The second kappa shape index (κ2) is 13.1. The molecule has 3 aliphatic heterocycles. The van der Waals surface area contributed by atoms with Gasteiger partial charge in [0.2, 0.25) is 0 Å². The van der Waals surface area contributed by atoms with Crippen molar-refractivity contribution in [2.45, 2.75) is 109 Å². The van der Waals surface area contributed by atoms with Gasteiger partial charge in [-0.1, -0.05) is 53.9 Å². The quantitative estimate of drug-likeness (QED) is 0.204. The maximum atomic E-state index is 14.5. The average Bonchev–Trinajstić information content (AvgIpc) is 3.83. The van der Waals surface area contributed by atoms with Crippen molar-refractivity contribution in [3.63, 3.8) is 0 Å². The molecule has 8 unspecified atom stereocenters. The number of aromatic nitrogens is 1. The number of nitrogens with zero attached hydrogens (tertiary/aromatic N) is 1. The number of hydrogen-bond donors (Lipinski definition) is 3. The first kappa shape index (κ1) is 34.3. The van der Waals surface area contributed by atoms with Gasteiger partial charge in [0.15, 0.2) is 0 Å². The first-order chi connectivity index (χ1) is 24.7. The molecule has 8 nitrogen and oxygen atoms in total. The number of ether oxygens (including phenoxy) is 2. The van der Waals surface area contributed by atoms with Gasteiger partial charge >= 0.3 is 11.9 Å². The van der Waals surface area contributed by atoms with Crippen molar-refractivity contribution in [3.8, 4) is 0 Å². The standard InChI is InChI=1S/C41H51N3O5S2/c1-4-40(13-5-6-14-40)29-9-8-25-19-28-26-11-15-41(34(28)33-32(25)36(29)49-38(33)46)30-10-7-22(2)37(43-20-23(3)45)51-50-21-44-31-18-24(12-16-42-31)17-27(26)35(41)39(47)48-30/h10,12,16,18,22-23,25-26,28,34,37,43,45H,4-9,11,13-15,17,19-21H2,1-3H3,(H,42,44). The van der Waals surface area contributed by atoms with E-state index in [1.54, 1.807) is 28.5 Å². The molecule has 10 heteroatoms. The van der Waals surface area contributed by atoms with Gasteiger partial charge in [0.1, 0.15) is 17.3 Å². The molecule has 1 spiro atoms. The lowest BCUT2D eigenvalue weighted by atomic mass is 9.43. The van der Waals surface area contributed by atoms with E-state index in [4.69, 9.17) is 9.47 Å². The Hall–Kier alpha value is -2.53. The van der Waals surface area contributed by atoms with Crippen molar-refractivity contribution in [2.75, 3.05) is 17.7 Å². The third kappa shape index (κ3) is 5.35. The molecule has 51 heavy (non-hydrogen) atoms. The van der Waals surface area contributed by atoms with Crippen molar-refractivity contribution in [2.24, 2.45) is 40.4 Å². The van der Waals surface area contributed by atoms with E-state index in [-0.39, 0.29) is 46.4 Å². The number of allylic oxidation sites excluding steroid dienone is 5. The molecular formula is C41H51N3O5S2. The number of pyridine rings is 1. The number of hydrogen-bond acceptors (Lipinski definition) is 10. The number of aliphatic hydroxyl groups excluding tert-OH is 1. The zero-order valence-corrected chi connectivity index (χ0v) is 31.7. The molecule has 0 aromatic carbocycles. The Morgan fingerprint density at radius 3 is 2.78 bits per heavy atom. The Balaban J connectivity index is 1.21. The minimum absolute atomic E-state index is 0.0606. The van der Waals surface area contributed by atoms with Crippen LogP contribution in [0.15, 0.2) is 63.8 Å². The SMILES string of the molecule is CCC1(C2=C3OC(=O)C4=C3C(CC2)CC2C3CCC5(C6=CCC(C)C(NCC(C)O)SSCNc7cc(ccn7)CC3=C5C(=O)O6)C42)CCCC1. The topological polar surface area (TPSA) is 110 Å². The maximum Gasteiger partial charge on any atom is 0.340 e. The van der Waals surface area contributed by atoms with Crippen LogP contribution < -0.4 is 10.6 Å². The van der Waals surface area contributed by atoms with Gasteiger partial charge in [0.05, 0.1) is 28.3 Å². The summed E-state index contributed by atoms with van der Waals surface area (Å²) in [6.07, 6.45) is 15.9. The highest BCUT2D eigenvalue weighted by Crippen LogP contribution is 2.72. The molecule has 4 heterocycles. The van der Waals surface area contributed by atoms with Gasteiger partial charge < -0.3 is 25.2 Å². The zero-order valence-electron chi connectivity index (χ0n) is 30.1. The van der Waals surface area contributed by atoms with Crippen molar-refractivity contribution >= 4 is 39.3 Å². The maximum absolute atomic E-state index is 14.5. The highest BCUT2D eigenvalue weighted by Gasteiger charge is 2.69. The lowest BCUT2D eigenvalue weighted by Gasteiger charge is -2.57. The van der Waals surface area contributed by atoms with E-state index in [0.29, 0.717) is 31.2 Å². The van der Waals surface area contributed by atoms with Crippen LogP contribution in [0.25, 0.3) is 0 Å². The summed E-state index contributed by atoms with van der Waals surface area (Å²) in [6.45, 7) is 6.83. The molecule has 9 aliphatic rings. The van der Waals surface area contributed by atoms with Crippen LogP contribution in [0.1, 0.15) is 97.0 Å². The van der Waals surface area contributed by atoms with Crippen LogP contribution in [0.4, 0.5) is 5.82 Å². The van der Waals surface area contributed by atoms with Crippen molar-refractivity contribution in [3.05, 3.63) is 69.4 Å². The number of aliphatic hydroxyl groups is 1. The summed E-state index contributed by atoms with van der Waals surface area (Å²) < 4.78 is 13.0. The first-order valence-electron chi connectivity index (χ1n) is 19.5. The van der Waals surface area contributed by atoms with Crippen LogP contribution >= 0.6 is 21.6 Å². The normalized spacial score (nSPS) is 36.0. The van der Waals surface area contributed by atoms with E-state index in [9.17, 15) is 14.7 Å². The lowest BCUT2D eigenvalue weighted by molar-refractivity contribution is -0.135. The summed E-state index contributed by atoms with van der Waals surface area (Å²) in [4.78, 5) is 33.4. The van der Waals surface area contributed by atoms with E-state index in [2.05, 4.69) is 47.7 Å². The third-order valence-corrected chi connectivity index (χ3v) is 16.6. The summed E-state index contributed by atoms with van der Waals surface area (Å²) in [5, 5.41) is 17.3. The van der Waals surface area contributed by atoms with E-state index in [1.165, 1.54) is 42.4 Å². The number of anilines is 1. The number of esters is 2. The predicted octanol–water partition coefficient (Wildman–Crippen LogP) is 7.98. The van der Waals surface area contributed by atoms with Crippen LogP contribution in [-0.2, 0) is 25.5 Å². The van der Waals surface area contributed by atoms with Crippen LogP contribution in [0.3, 0.4) is 0 Å². The van der Waals surface area contributed by atoms with Crippen molar-refractivity contribution in [1.82, 2.24) is 10.3 Å². The smallest absolute Gasteiger partial charge is 0.340 e. The van der Waals surface area contributed by atoms with E-state index in [0.717, 1.165) is 72.6 Å². The Labute approximate surface area is 309 Å². The van der Waals surface area contributed by atoms with Gasteiger partial charge in [-0.25, -0.2) is 14.6 Å². The fourth-order valence-electron chi connectivity index (χ4n) is 11.8. The van der Waals surface area contributed by atoms with E-state index in [1.807, 2.05) is 6.20 Å². The highest BCUT2D eigenvalue weighted by atomic mass is 33.1. The Morgan fingerprint density at radius 1 is 1.14 bits per heavy atom. The molecule has 7 bridgehead atoms.